The zero-order valence-corrected chi connectivity index (χ0v) is 49.9. The Morgan fingerprint density at radius 2 is 1.18 bits per heavy atom. The molecule has 2 aliphatic carbocycles. The number of phosphoric acid groups is 1. The van der Waals surface area contributed by atoms with Crippen molar-refractivity contribution in [2.24, 2.45) is 5.73 Å². The molecule has 1 heterocycles. The second kappa shape index (κ2) is 42.8. The predicted molar refractivity (Wildman–Crippen MR) is 250 cm³/mol. The summed E-state index contributed by atoms with van der Waals surface area (Å²) in [5.41, 5.74) is 5.38. The molecule has 388 valence electrons. The molecule has 0 amide bonds. The second-order valence-corrected chi connectivity index (χ2v) is 25.8. The van der Waals surface area contributed by atoms with Gasteiger partial charge < -0.3 is 48.4 Å². The first-order chi connectivity index (χ1) is 29.0. The van der Waals surface area contributed by atoms with Crippen molar-refractivity contribution < 1.29 is 122 Å². The van der Waals surface area contributed by atoms with Crippen LogP contribution in [-0.2, 0) is 82.3 Å². The molecule has 22 nitrogen and oxygen atoms in total. The summed E-state index contributed by atoms with van der Waals surface area (Å²) >= 11 is 5.34. The summed E-state index contributed by atoms with van der Waals surface area (Å²) in [7, 11) is -1.25. The summed E-state index contributed by atoms with van der Waals surface area (Å²) in [5, 5.41) is 3.00. The molecule has 12 atom stereocenters. The minimum absolute atomic E-state index is 0. The number of methoxy groups -OCH3 is 3. The van der Waals surface area contributed by atoms with Gasteiger partial charge in [-0.25, -0.2) is 9.65 Å². The van der Waals surface area contributed by atoms with Crippen LogP contribution in [0.4, 0.5) is 0 Å². The van der Waals surface area contributed by atoms with E-state index < -0.39 is 64.3 Å². The summed E-state index contributed by atoms with van der Waals surface area (Å²) in [4.78, 5) is 9.68. The molecule has 32 heteroatoms. The normalized spacial score (nSPS) is 22.3. The van der Waals surface area contributed by atoms with Gasteiger partial charge in [-0.3, -0.25) is 22.7 Å². The van der Waals surface area contributed by atoms with Crippen molar-refractivity contribution in [1.82, 2.24) is 5.09 Å². The van der Waals surface area contributed by atoms with Crippen molar-refractivity contribution in [2.75, 3.05) is 87.6 Å². The molecule has 2 saturated carbocycles. The molecule has 0 aromatic carbocycles. The molecule has 0 aromatic heterocycles. The molecule has 12 unspecified atom stereocenters. The zero-order valence-electron chi connectivity index (χ0n) is 40.2. The average molecular weight is 1140 g/mol. The summed E-state index contributed by atoms with van der Waals surface area (Å²) < 4.78 is 127. The Morgan fingerprint density at radius 1 is 0.769 bits per heavy atom. The number of hydrogen-bond donors (Lipinski definition) is 3. The van der Waals surface area contributed by atoms with Crippen molar-refractivity contribution in [3.63, 3.8) is 0 Å². The quantitative estimate of drug-likeness (QED) is 0.0643. The van der Waals surface area contributed by atoms with E-state index in [1.54, 1.807) is 35.0 Å². The van der Waals surface area contributed by atoms with E-state index >= 15 is 0 Å². The van der Waals surface area contributed by atoms with Crippen LogP contribution < -0.4 is 40.4 Å². The van der Waals surface area contributed by atoms with E-state index in [-0.39, 0.29) is 79.2 Å². The van der Waals surface area contributed by atoms with E-state index in [1.807, 2.05) is 13.8 Å². The fourth-order valence-electron chi connectivity index (χ4n) is 4.54. The first-order valence-corrected chi connectivity index (χ1v) is 32.2. The maximum Gasteiger partial charge on any atom is 1.00 e. The molecule has 65 heavy (non-hydrogen) atoms. The Bertz CT molecular complexity index is 1420. The summed E-state index contributed by atoms with van der Waals surface area (Å²) in [6.45, 7) is 14.0. The molecule has 0 aromatic rings. The van der Waals surface area contributed by atoms with Crippen molar-refractivity contribution in [1.29, 1.82) is 0 Å². The van der Waals surface area contributed by atoms with Crippen LogP contribution in [-0.4, -0.2) is 147 Å². The van der Waals surface area contributed by atoms with Crippen molar-refractivity contribution in [2.45, 2.75) is 129 Å². The van der Waals surface area contributed by atoms with Gasteiger partial charge in [0.1, 0.15) is 18.8 Å². The van der Waals surface area contributed by atoms with E-state index in [1.165, 1.54) is 60.0 Å². The molecule has 5 N–H and O–H groups in total. The number of nitrogens with two attached hydrogens (primary N) is 1. The minimum Gasteiger partial charge on any atom is -0.870 e. The molecule has 1 saturated heterocycles. The minimum atomic E-state index is -4.31. The first-order valence-electron chi connectivity index (χ1n) is 19.8. The molecule has 3 fully saturated rings. The topological polar surface area (TPSA) is 301 Å². The van der Waals surface area contributed by atoms with Gasteiger partial charge in [-0.2, -0.15) is 0 Å². The van der Waals surface area contributed by atoms with Crippen LogP contribution in [0.15, 0.2) is 0 Å². The fraction of sp³-hybridized carbons (Fsp3) is 1.00. The molecule has 3 aliphatic rings. The van der Waals surface area contributed by atoms with E-state index in [9.17, 15) is 32.3 Å². The van der Waals surface area contributed by atoms with Gasteiger partial charge in [0.05, 0.1) is 57.5 Å². The standard InChI is InChI=1S/C16H36NO10P3.C5H12ClO3P.C5H12O3P.C4H9N.C3H6O3P.Cl2.Na.H2O/c1-13(10-22-4)27-30(20,21)24-12-15(3)26-29(6,19)23-11-14(2)25-28(5,18)17-16-8-7-9-16;1-5(4-8-2)9-10(3,6)7;1-5(4-7-2)8-9(3)6;5-4-2-1-3-4;1-3-2-5-7(4)6-3;1-2;;/h13-16H,7-12H2,1-6H3,(H,17,18)(H,20,21);5H,4H2,1-3H3;5H,4H2,1-3H3;4H,1-3,5H2;3H,2H2,1H3;;;1H2/q;;+1;;+1;;+1;/p-1. The third-order valence-electron chi connectivity index (χ3n) is 7.34. The SMILES string of the molecule is CC1CO[P+](=O)O1.COCC(C)OP(=O)(O)OCC(C)OP(C)(=O)OCC(C)OP(C)(=O)NC1CCC1.COCC(C)OP(C)(=O)Cl.COCC(C)O[P+](C)=O.ClCl.NC1CCC1.[Na+].[OH-]. The number of halogens is 3. The largest absolute Gasteiger partial charge is 1.00 e. The van der Waals surface area contributed by atoms with Crippen LogP contribution in [0, 0.1) is 0 Å². The molecule has 0 spiro atoms. The van der Waals surface area contributed by atoms with Crippen molar-refractivity contribution in [3.05, 3.63) is 0 Å². The van der Waals surface area contributed by atoms with Gasteiger partial charge in [0.15, 0.2) is 6.66 Å². The van der Waals surface area contributed by atoms with E-state index in [2.05, 4.69) is 35.8 Å². The van der Waals surface area contributed by atoms with Crippen LogP contribution in [0.1, 0.15) is 80.1 Å². The maximum atomic E-state index is 12.5. The molecule has 0 bridgehead atoms. The van der Waals surface area contributed by atoms with Gasteiger partial charge in [0, 0.05) is 79.7 Å². The van der Waals surface area contributed by atoms with Crippen LogP contribution >= 0.6 is 78.9 Å². The maximum absolute atomic E-state index is 12.5. The second-order valence-electron chi connectivity index (χ2n) is 14.7. The van der Waals surface area contributed by atoms with Crippen LogP contribution in [0.5, 0.6) is 0 Å². The number of ether oxygens (including phenoxy) is 3. The van der Waals surface area contributed by atoms with E-state index in [0.29, 0.717) is 25.9 Å². The van der Waals surface area contributed by atoms with Crippen LogP contribution in [0.25, 0.3) is 0 Å². The third kappa shape index (κ3) is 51.1. The first kappa shape index (κ1) is 76.3. The van der Waals surface area contributed by atoms with Gasteiger partial charge >= 0.3 is 61.3 Å². The number of phosphoric ester groups is 1. The van der Waals surface area contributed by atoms with Crippen LogP contribution in [0.3, 0.4) is 0 Å². The number of rotatable bonds is 24. The van der Waals surface area contributed by atoms with Gasteiger partial charge in [-0.15, -0.1) is 13.6 Å². The average Bonchev–Trinajstić information content (AvgIpc) is 3.50. The van der Waals surface area contributed by atoms with Gasteiger partial charge in [-0.05, 0) is 83.0 Å². The Labute approximate surface area is 425 Å². The Hall–Kier alpha value is 2.35. The van der Waals surface area contributed by atoms with Crippen molar-refractivity contribution in [3.8, 4) is 0 Å². The summed E-state index contributed by atoms with van der Waals surface area (Å²) in [6.07, 6.45) is 4.66. The molecule has 0 radical (unpaired) electrons. The Kier molecular flexibility index (Phi) is 50.2. The Morgan fingerprint density at radius 3 is 1.52 bits per heavy atom. The van der Waals surface area contributed by atoms with E-state index in [0.717, 1.165) is 19.3 Å². The predicted octanol–water partition coefficient (Wildman–Crippen LogP) is 7.06. The van der Waals surface area contributed by atoms with Gasteiger partial charge in [0.25, 0.3) is 14.2 Å². The molecule has 3 rings (SSSR count). The monoisotopic (exact) mass is 1130 g/mol. The van der Waals surface area contributed by atoms with Gasteiger partial charge in [-0.1, -0.05) is 12.8 Å². The molecular weight excluding hydrogens is 1060 g/mol. The molecule has 1 aliphatic heterocycles. The number of nitrogens with one attached hydrogen (secondary N) is 1. The van der Waals surface area contributed by atoms with Gasteiger partial charge in [0.2, 0.25) is 0 Å². The third-order valence-corrected chi connectivity index (χ3v) is 13.9. The van der Waals surface area contributed by atoms with Crippen molar-refractivity contribution >= 4 is 78.9 Å². The smallest absolute Gasteiger partial charge is 0.870 e. The Balaban J connectivity index is -0.000000277. The molecular formula is C33H76Cl3N2NaO20P6+2. The summed E-state index contributed by atoms with van der Waals surface area (Å²) in [5.74, 6) is 0. The zero-order chi connectivity index (χ0) is 49.5. The van der Waals surface area contributed by atoms with E-state index in [4.69, 9.17) is 62.9 Å². The number of hydrogen-bond acceptors (Lipinski definition) is 20. The fourth-order valence-corrected chi connectivity index (χ4v) is 10.9. The summed E-state index contributed by atoms with van der Waals surface area (Å²) in [6, 6.07) is 0.773. The van der Waals surface area contributed by atoms with Crippen LogP contribution in [0.2, 0.25) is 0 Å².